The lowest BCUT2D eigenvalue weighted by atomic mass is 10.1. The zero-order chi connectivity index (χ0) is 17.6. The molecule has 25 heavy (non-hydrogen) atoms. The SMILES string of the molecule is Cc1ccc(-c2cc(CNC(=O)COc3ccc(F)cc3)no2)cc1. The largest absolute Gasteiger partial charge is 0.484 e. The summed E-state index contributed by atoms with van der Waals surface area (Å²) in [5.41, 5.74) is 2.71. The van der Waals surface area contributed by atoms with Crippen LogP contribution >= 0.6 is 0 Å². The maximum absolute atomic E-state index is 12.8. The van der Waals surface area contributed by atoms with Crippen molar-refractivity contribution in [3.63, 3.8) is 0 Å². The molecule has 0 atom stereocenters. The minimum Gasteiger partial charge on any atom is -0.484 e. The van der Waals surface area contributed by atoms with Crippen molar-refractivity contribution in [2.75, 3.05) is 6.61 Å². The van der Waals surface area contributed by atoms with Crippen LogP contribution in [0.5, 0.6) is 5.75 Å². The molecule has 5 nitrogen and oxygen atoms in total. The van der Waals surface area contributed by atoms with E-state index >= 15 is 0 Å². The van der Waals surface area contributed by atoms with Gasteiger partial charge < -0.3 is 14.6 Å². The first kappa shape index (κ1) is 16.7. The Kier molecular flexibility index (Phi) is 5.09. The number of hydrogen-bond acceptors (Lipinski definition) is 4. The van der Waals surface area contributed by atoms with Gasteiger partial charge in [-0.25, -0.2) is 4.39 Å². The lowest BCUT2D eigenvalue weighted by Gasteiger charge is -2.06. The molecule has 128 valence electrons. The summed E-state index contributed by atoms with van der Waals surface area (Å²) in [6, 6.07) is 15.2. The summed E-state index contributed by atoms with van der Waals surface area (Å²) in [5.74, 6) is 0.419. The highest BCUT2D eigenvalue weighted by atomic mass is 19.1. The monoisotopic (exact) mass is 340 g/mol. The maximum Gasteiger partial charge on any atom is 0.258 e. The first-order chi connectivity index (χ1) is 12.1. The van der Waals surface area contributed by atoms with E-state index in [1.54, 1.807) is 6.07 Å². The van der Waals surface area contributed by atoms with E-state index < -0.39 is 0 Å². The van der Waals surface area contributed by atoms with E-state index in [4.69, 9.17) is 9.26 Å². The quantitative estimate of drug-likeness (QED) is 0.746. The molecule has 0 fully saturated rings. The second-order valence-corrected chi connectivity index (χ2v) is 5.57. The molecule has 0 saturated carbocycles. The number of ether oxygens (including phenoxy) is 1. The standard InChI is InChI=1S/C19H17FN2O3/c1-13-2-4-14(5-3-13)18-10-16(22-25-18)11-21-19(23)12-24-17-8-6-15(20)7-9-17/h2-10H,11-12H2,1H3,(H,21,23). The van der Waals surface area contributed by atoms with Crippen molar-refractivity contribution in [1.82, 2.24) is 10.5 Å². The lowest BCUT2D eigenvalue weighted by molar-refractivity contribution is -0.123. The minimum atomic E-state index is -0.354. The highest BCUT2D eigenvalue weighted by Gasteiger charge is 2.09. The van der Waals surface area contributed by atoms with Crippen molar-refractivity contribution in [3.8, 4) is 17.1 Å². The van der Waals surface area contributed by atoms with Crippen molar-refractivity contribution < 1.29 is 18.4 Å². The summed E-state index contributed by atoms with van der Waals surface area (Å²) in [7, 11) is 0. The third-order valence-electron chi connectivity index (χ3n) is 3.55. The highest BCUT2D eigenvalue weighted by molar-refractivity contribution is 5.77. The zero-order valence-electron chi connectivity index (χ0n) is 13.7. The number of nitrogens with zero attached hydrogens (tertiary/aromatic N) is 1. The van der Waals surface area contributed by atoms with Gasteiger partial charge in [-0.15, -0.1) is 0 Å². The van der Waals surface area contributed by atoms with Gasteiger partial charge in [0.1, 0.15) is 17.3 Å². The number of carbonyl (C=O) groups is 1. The van der Waals surface area contributed by atoms with Gasteiger partial charge in [0.05, 0.1) is 6.54 Å². The van der Waals surface area contributed by atoms with Crippen LogP contribution in [-0.2, 0) is 11.3 Å². The number of halogens is 1. The molecule has 0 aliphatic carbocycles. The second kappa shape index (κ2) is 7.61. The summed E-state index contributed by atoms with van der Waals surface area (Å²) in [6.45, 7) is 2.09. The Labute approximate surface area is 144 Å². The molecule has 1 aromatic heterocycles. The van der Waals surface area contributed by atoms with Crippen LogP contribution in [-0.4, -0.2) is 17.7 Å². The van der Waals surface area contributed by atoms with Crippen LogP contribution in [0, 0.1) is 12.7 Å². The van der Waals surface area contributed by atoms with Crippen LogP contribution in [0.3, 0.4) is 0 Å². The Morgan fingerprint density at radius 3 is 2.60 bits per heavy atom. The third-order valence-corrected chi connectivity index (χ3v) is 3.55. The second-order valence-electron chi connectivity index (χ2n) is 5.57. The van der Waals surface area contributed by atoms with Crippen LogP contribution in [0.25, 0.3) is 11.3 Å². The topological polar surface area (TPSA) is 64.4 Å². The van der Waals surface area contributed by atoms with Crippen molar-refractivity contribution in [3.05, 3.63) is 71.7 Å². The molecule has 3 rings (SSSR count). The summed E-state index contributed by atoms with van der Waals surface area (Å²) < 4.78 is 23.4. The molecule has 0 aliphatic rings. The van der Waals surface area contributed by atoms with Crippen LogP contribution in [0.15, 0.2) is 59.1 Å². The molecular formula is C19H17FN2O3. The molecule has 0 bridgehead atoms. The molecule has 6 heteroatoms. The Morgan fingerprint density at radius 2 is 1.88 bits per heavy atom. The number of nitrogens with one attached hydrogen (secondary N) is 1. The van der Waals surface area contributed by atoms with Crippen LogP contribution in [0.1, 0.15) is 11.3 Å². The molecule has 1 heterocycles. The van der Waals surface area contributed by atoms with E-state index in [1.807, 2.05) is 31.2 Å². The van der Waals surface area contributed by atoms with Crippen molar-refractivity contribution in [2.45, 2.75) is 13.5 Å². The van der Waals surface area contributed by atoms with Gasteiger partial charge >= 0.3 is 0 Å². The molecule has 1 amide bonds. The molecule has 0 saturated heterocycles. The molecule has 0 aliphatic heterocycles. The molecule has 0 unspecified atom stereocenters. The zero-order valence-corrected chi connectivity index (χ0v) is 13.7. The van der Waals surface area contributed by atoms with E-state index in [-0.39, 0.29) is 24.9 Å². The van der Waals surface area contributed by atoms with Crippen LogP contribution in [0.2, 0.25) is 0 Å². The van der Waals surface area contributed by atoms with Gasteiger partial charge in [-0.2, -0.15) is 0 Å². The number of hydrogen-bond donors (Lipinski definition) is 1. The highest BCUT2D eigenvalue weighted by Crippen LogP contribution is 2.20. The third kappa shape index (κ3) is 4.67. The smallest absolute Gasteiger partial charge is 0.258 e. The molecule has 2 aromatic carbocycles. The number of rotatable bonds is 6. The average molecular weight is 340 g/mol. The maximum atomic E-state index is 12.8. The van der Waals surface area contributed by atoms with E-state index in [9.17, 15) is 9.18 Å². The predicted octanol–water partition coefficient (Wildman–Crippen LogP) is 3.48. The number of aryl methyl sites for hydroxylation is 1. The minimum absolute atomic E-state index is 0.158. The summed E-state index contributed by atoms with van der Waals surface area (Å²) >= 11 is 0. The van der Waals surface area contributed by atoms with Gasteiger partial charge in [0.2, 0.25) is 0 Å². The molecular weight excluding hydrogens is 323 g/mol. The number of aromatic nitrogens is 1. The summed E-state index contributed by atoms with van der Waals surface area (Å²) in [5, 5.41) is 6.64. The van der Waals surface area contributed by atoms with Gasteiger partial charge in [-0.05, 0) is 31.2 Å². The molecule has 1 N–H and O–H groups in total. The number of carbonyl (C=O) groups excluding carboxylic acids is 1. The Balaban J connectivity index is 1.49. The molecule has 0 radical (unpaired) electrons. The van der Waals surface area contributed by atoms with Gasteiger partial charge in [0.25, 0.3) is 5.91 Å². The summed E-state index contributed by atoms with van der Waals surface area (Å²) in [6.07, 6.45) is 0. The number of benzene rings is 2. The predicted molar refractivity (Wildman–Crippen MR) is 90.4 cm³/mol. The van der Waals surface area contributed by atoms with Crippen LogP contribution < -0.4 is 10.1 Å². The first-order valence-corrected chi connectivity index (χ1v) is 7.78. The average Bonchev–Trinajstić information content (AvgIpc) is 3.09. The Morgan fingerprint density at radius 1 is 1.16 bits per heavy atom. The van der Waals surface area contributed by atoms with Gasteiger partial charge in [0.15, 0.2) is 12.4 Å². The van der Waals surface area contributed by atoms with E-state index in [1.165, 1.54) is 24.3 Å². The molecule has 3 aromatic rings. The van der Waals surface area contributed by atoms with E-state index in [0.29, 0.717) is 17.2 Å². The van der Waals surface area contributed by atoms with Gasteiger partial charge in [0, 0.05) is 11.6 Å². The van der Waals surface area contributed by atoms with Crippen molar-refractivity contribution in [1.29, 1.82) is 0 Å². The van der Waals surface area contributed by atoms with Crippen molar-refractivity contribution in [2.24, 2.45) is 0 Å². The fraction of sp³-hybridized carbons (Fsp3) is 0.158. The first-order valence-electron chi connectivity index (χ1n) is 7.78. The van der Waals surface area contributed by atoms with Gasteiger partial charge in [-0.1, -0.05) is 35.0 Å². The van der Waals surface area contributed by atoms with Crippen molar-refractivity contribution >= 4 is 5.91 Å². The Bertz CT molecular complexity index is 842. The lowest BCUT2D eigenvalue weighted by Crippen LogP contribution is -2.28. The van der Waals surface area contributed by atoms with E-state index in [0.717, 1.165) is 11.1 Å². The van der Waals surface area contributed by atoms with E-state index in [2.05, 4.69) is 10.5 Å². The molecule has 0 spiro atoms. The normalized spacial score (nSPS) is 10.5. The fourth-order valence-corrected chi connectivity index (χ4v) is 2.17. The Hall–Kier alpha value is -3.15. The fourth-order valence-electron chi connectivity index (χ4n) is 2.17. The number of amides is 1. The summed E-state index contributed by atoms with van der Waals surface area (Å²) in [4.78, 5) is 11.8. The van der Waals surface area contributed by atoms with Crippen LogP contribution in [0.4, 0.5) is 4.39 Å². The van der Waals surface area contributed by atoms with Gasteiger partial charge in [-0.3, -0.25) is 4.79 Å².